The van der Waals surface area contributed by atoms with Crippen LogP contribution in [-0.4, -0.2) is 17.5 Å². The number of ether oxygens (including phenoxy) is 1. The SMILES string of the molecule is Cc1ccc(Br)cc1NC(=O)C(=O)OC(C)(C)C. The van der Waals surface area contributed by atoms with E-state index in [0.717, 1.165) is 10.0 Å². The van der Waals surface area contributed by atoms with Crippen molar-refractivity contribution in [3.8, 4) is 0 Å². The van der Waals surface area contributed by atoms with Crippen LogP contribution >= 0.6 is 15.9 Å². The number of benzene rings is 1. The molecule has 0 saturated carbocycles. The van der Waals surface area contributed by atoms with Gasteiger partial charge in [0.15, 0.2) is 0 Å². The molecule has 0 aliphatic heterocycles. The van der Waals surface area contributed by atoms with Gasteiger partial charge in [-0.3, -0.25) is 4.79 Å². The Morgan fingerprint density at radius 3 is 2.44 bits per heavy atom. The zero-order valence-electron chi connectivity index (χ0n) is 10.8. The van der Waals surface area contributed by atoms with Crippen molar-refractivity contribution in [3.05, 3.63) is 28.2 Å². The van der Waals surface area contributed by atoms with E-state index in [1.54, 1.807) is 26.8 Å². The molecule has 0 aromatic heterocycles. The van der Waals surface area contributed by atoms with Crippen molar-refractivity contribution in [3.63, 3.8) is 0 Å². The van der Waals surface area contributed by atoms with Gasteiger partial charge in [-0.2, -0.15) is 0 Å². The van der Waals surface area contributed by atoms with Crippen LogP contribution in [0.25, 0.3) is 0 Å². The highest BCUT2D eigenvalue weighted by Gasteiger charge is 2.23. The first-order valence-electron chi connectivity index (χ1n) is 5.49. The summed E-state index contributed by atoms with van der Waals surface area (Å²) in [5, 5.41) is 2.53. The van der Waals surface area contributed by atoms with E-state index >= 15 is 0 Å². The van der Waals surface area contributed by atoms with Crippen molar-refractivity contribution in [2.75, 3.05) is 5.32 Å². The monoisotopic (exact) mass is 313 g/mol. The molecule has 0 fully saturated rings. The quantitative estimate of drug-likeness (QED) is 0.640. The summed E-state index contributed by atoms with van der Waals surface area (Å²) in [5.74, 6) is -1.66. The summed E-state index contributed by atoms with van der Waals surface area (Å²) in [6.45, 7) is 6.98. The van der Waals surface area contributed by atoms with E-state index in [0.29, 0.717) is 5.69 Å². The third-order valence-corrected chi connectivity index (χ3v) is 2.53. The lowest BCUT2D eigenvalue weighted by Crippen LogP contribution is -2.32. The highest BCUT2D eigenvalue weighted by Crippen LogP contribution is 2.20. The molecule has 0 saturated heterocycles. The third kappa shape index (κ3) is 4.49. The second kappa shape index (κ2) is 5.52. The van der Waals surface area contributed by atoms with Crippen LogP contribution in [0, 0.1) is 6.92 Å². The van der Waals surface area contributed by atoms with Crippen LogP contribution in [0.15, 0.2) is 22.7 Å². The van der Waals surface area contributed by atoms with E-state index in [9.17, 15) is 9.59 Å². The zero-order chi connectivity index (χ0) is 13.9. The van der Waals surface area contributed by atoms with Gasteiger partial charge in [-0.05, 0) is 45.4 Å². The number of halogens is 1. The van der Waals surface area contributed by atoms with E-state index in [2.05, 4.69) is 21.2 Å². The van der Waals surface area contributed by atoms with Crippen LogP contribution in [0.3, 0.4) is 0 Å². The first-order chi connectivity index (χ1) is 8.19. The Bertz CT molecular complexity index is 478. The Balaban J connectivity index is 2.76. The van der Waals surface area contributed by atoms with Gasteiger partial charge in [0.2, 0.25) is 0 Å². The lowest BCUT2D eigenvalue weighted by molar-refractivity contribution is -0.161. The van der Waals surface area contributed by atoms with Crippen molar-refractivity contribution < 1.29 is 14.3 Å². The van der Waals surface area contributed by atoms with Crippen molar-refractivity contribution in [1.29, 1.82) is 0 Å². The number of carbonyl (C=O) groups is 2. The number of rotatable bonds is 1. The summed E-state index contributed by atoms with van der Waals surface area (Å²) in [7, 11) is 0. The summed E-state index contributed by atoms with van der Waals surface area (Å²) >= 11 is 3.30. The van der Waals surface area contributed by atoms with Gasteiger partial charge in [-0.25, -0.2) is 4.79 Å². The van der Waals surface area contributed by atoms with Crippen molar-refractivity contribution in [2.45, 2.75) is 33.3 Å². The minimum Gasteiger partial charge on any atom is -0.453 e. The fourth-order valence-electron chi connectivity index (χ4n) is 1.23. The normalized spacial score (nSPS) is 10.9. The lowest BCUT2D eigenvalue weighted by Gasteiger charge is -2.19. The van der Waals surface area contributed by atoms with Gasteiger partial charge in [-0.1, -0.05) is 22.0 Å². The molecule has 0 atom stereocenters. The fourth-order valence-corrected chi connectivity index (χ4v) is 1.59. The first-order valence-corrected chi connectivity index (χ1v) is 6.29. The molecule has 4 nitrogen and oxygen atoms in total. The molecule has 18 heavy (non-hydrogen) atoms. The smallest absolute Gasteiger partial charge is 0.397 e. The summed E-state index contributed by atoms with van der Waals surface area (Å²) in [4.78, 5) is 23.2. The van der Waals surface area contributed by atoms with Gasteiger partial charge in [0.1, 0.15) is 5.60 Å². The molecule has 1 aromatic rings. The minimum atomic E-state index is -0.887. The number of hydrogen-bond acceptors (Lipinski definition) is 3. The Hall–Kier alpha value is -1.36. The van der Waals surface area contributed by atoms with Gasteiger partial charge < -0.3 is 10.1 Å². The molecule has 98 valence electrons. The van der Waals surface area contributed by atoms with Crippen LogP contribution in [0.5, 0.6) is 0 Å². The highest BCUT2D eigenvalue weighted by atomic mass is 79.9. The van der Waals surface area contributed by atoms with Gasteiger partial charge in [0, 0.05) is 10.2 Å². The fraction of sp³-hybridized carbons (Fsp3) is 0.385. The topological polar surface area (TPSA) is 55.4 Å². The van der Waals surface area contributed by atoms with E-state index in [-0.39, 0.29) is 0 Å². The van der Waals surface area contributed by atoms with E-state index in [1.807, 2.05) is 19.1 Å². The highest BCUT2D eigenvalue weighted by molar-refractivity contribution is 9.10. The third-order valence-electron chi connectivity index (χ3n) is 2.03. The number of aryl methyl sites for hydroxylation is 1. The van der Waals surface area contributed by atoms with E-state index in [1.165, 1.54) is 0 Å². The maximum Gasteiger partial charge on any atom is 0.397 e. The molecule has 0 spiro atoms. The van der Waals surface area contributed by atoms with E-state index < -0.39 is 17.5 Å². The maximum atomic E-state index is 11.7. The molecular formula is C13H16BrNO3. The van der Waals surface area contributed by atoms with Crippen molar-refractivity contribution in [2.24, 2.45) is 0 Å². The molecule has 5 heteroatoms. The Kier molecular flexibility index (Phi) is 4.51. The average Bonchev–Trinajstić information content (AvgIpc) is 2.21. The molecule has 0 aliphatic rings. The molecule has 0 aliphatic carbocycles. The summed E-state index contributed by atoms with van der Waals surface area (Å²) in [6, 6.07) is 5.44. The molecule has 1 N–H and O–H groups in total. The predicted octanol–water partition coefficient (Wildman–Crippen LogP) is 3.04. The standard InChI is InChI=1S/C13H16BrNO3/c1-8-5-6-9(14)7-10(8)15-11(16)12(17)18-13(2,3)4/h5-7H,1-4H3,(H,15,16). The Labute approximate surface area is 115 Å². The van der Waals surface area contributed by atoms with Gasteiger partial charge in [-0.15, -0.1) is 0 Å². The molecule has 0 bridgehead atoms. The van der Waals surface area contributed by atoms with Crippen LogP contribution in [0.4, 0.5) is 5.69 Å². The number of amides is 1. The van der Waals surface area contributed by atoms with Crippen LogP contribution in [0.2, 0.25) is 0 Å². The number of nitrogens with one attached hydrogen (secondary N) is 1. The predicted molar refractivity (Wildman–Crippen MR) is 73.4 cm³/mol. The molecule has 1 amide bonds. The van der Waals surface area contributed by atoms with Crippen LogP contribution in [0.1, 0.15) is 26.3 Å². The molecule has 0 radical (unpaired) electrons. The number of anilines is 1. The summed E-state index contributed by atoms with van der Waals surface area (Å²) in [5.41, 5.74) is 0.774. The minimum absolute atomic E-state index is 0.584. The Morgan fingerprint density at radius 2 is 1.89 bits per heavy atom. The summed E-state index contributed by atoms with van der Waals surface area (Å²) < 4.78 is 5.81. The average molecular weight is 314 g/mol. The van der Waals surface area contributed by atoms with Crippen LogP contribution in [-0.2, 0) is 14.3 Å². The molecule has 0 heterocycles. The second-order valence-electron chi connectivity index (χ2n) is 4.92. The summed E-state index contributed by atoms with van der Waals surface area (Å²) in [6.07, 6.45) is 0. The van der Waals surface area contributed by atoms with Gasteiger partial charge in [0.25, 0.3) is 0 Å². The lowest BCUT2D eigenvalue weighted by atomic mass is 10.2. The van der Waals surface area contributed by atoms with Crippen molar-refractivity contribution in [1.82, 2.24) is 0 Å². The number of hydrogen-bond donors (Lipinski definition) is 1. The van der Waals surface area contributed by atoms with Crippen LogP contribution < -0.4 is 5.32 Å². The number of carbonyl (C=O) groups excluding carboxylic acids is 2. The Morgan fingerprint density at radius 1 is 1.28 bits per heavy atom. The molecular weight excluding hydrogens is 298 g/mol. The van der Waals surface area contributed by atoms with Gasteiger partial charge in [0.05, 0.1) is 0 Å². The largest absolute Gasteiger partial charge is 0.453 e. The zero-order valence-corrected chi connectivity index (χ0v) is 12.4. The number of esters is 1. The van der Waals surface area contributed by atoms with Gasteiger partial charge >= 0.3 is 11.9 Å². The first kappa shape index (κ1) is 14.7. The molecule has 1 aromatic carbocycles. The van der Waals surface area contributed by atoms with Crippen molar-refractivity contribution >= 4 is 33.5 Å². The molecule has 1 rings (SSSR count). The maximum absolute atomic E-state index is 11.7. The van der Waals surface area contributed by atoms with E-state index in [4.69, 9.17) is 4.74 Å². The second-order valence-corrected chi connectivity index (χ2v) is 5.83. The molecule has 0 unspecified atom stereocenters.